The van der Waals surface area contributed by atoms with Crippen molar-refractivity contribution in [2.75, 3.05) is 0 Å². The first-order valence-electron chi connectivity index (χ1n) is 6.41. The van der Waals surface area contributed by atoms with E-state index in [1.165, 1.54) is 6.07 Å². The van der Waals surface area contributed by atoms with Crippen LogP contribution in [0.3, 0.4) is 0 Å². The molecule has 4 nitrogen and oxygen atoms in total. The van der Waals surface area contributed by atoms with Crippen LogP contribution in [-0.4, -0.2) is 34.5 Å². The van der Waals surface area contributed by atoms with Crippen LogP contribution in [-0.2, 0) is 11.0 Å². The van der Waals surface area contributed by atoms with Crippen LogP contribution < -0.4 is 4.74 Å². The van der Waals surface area contributed by atoms with Gasteiger partial charge in [-0.15, -0.1) is 0 Å². The molecule has 2 saturated heterocycles. The van der Waals surface area contributed by atoms with Crippen molar-refractivity contribution in [1.82, 2.24) is 9.88 Å². The molecule has 0 saturated carbocycles. The van der Waals surface area contributed by atoms with E-state index in [0.29, 0.717) is 6.42 Å². The lowest BCUT2D eigenvalue weighted by Gasteiger charge is -2.22. The van der Waals surface area contributed by atoms with Gasteiger partial charge in [-0.2, -0.15) is 13.2 Å². The molecule has 3 atom stereocenters. The van der Waals surface area contributed by atoms with E-state index in [1.807, 2.05) is 0 Å². The van der Waals surface area contributed by atoms with E-state index < -0.39 is 11.7 Å². The van der Waals surface area contributed by atoms with Crippen LogP contribution in [0.25, 0.3) is 0 Å². The first-order valence-corrected chi connectivity index (χ1v) is 6.41. The summed E-state index contributed by atoms with van der Waals surface area (Å²) in [6, 6.07) is 2.38. The van der Waals surface area contributed by atoms with Crippen LogP contribution in [0.4, 0.5) is 13.2 Å². The van der Waals surface area contributed by atoms with E-state index in [2.05, 4.69) is 4.98 Å². The van der Waals surface area contributed by atoms with Gasteiger partial charge in [0.25, 0.3) is 0 Å². The Labute approximate surface area is 113 Å². The highest BCUT2D eigenvalue weighted by Crippen LogP contribution is 2.38. The minimum Gasteiger partial charge on any atom is -0.472 e. The van der Waals surface area contributed by atoms with Crippen molar-refractivity contribution in [1.29, 1.82) is 0 Å². The Hall–Kier alpha value is -1.79. The largest absolute Gasteiger partial charge is 0.472 e. The monoisotopic (exact) mass is 286 g/mol. The number of amides is 1. The van der Waals surface area contributed by atoms with E-state index >= 15 is 0 Å². The zero-order valence-corrected chi connectivity index (χ0v) is 10.5. The van der Waals surface area contributed by atoms with Gasteiger partial charge in [-0.1, -0.05) is 0 Å². The molecule has 0 aromatic carbocycles. The predicted octanol–water partition coefficient (Wildman–Crippen LogP) is 2.24. The number of carbonyl (C=O) groups excluding carboxylic acids is 1. The van der Waals surface area contributed by atoms with Crippen molar-refractivity contribution in [2.45, 2.75) is 43.6 Å². The van der Waals surface area contributed by atoms with Gasteiger partial charge in [0.2, 0.25) is 12.3 Å². The molecule has 2 aliphatic heterocycles. The smallest absolute Gasteiger partial charge is 0.417 e. The highest BCUT2D eigenvalue weighted by molar-refractivity contribution is 5.50. The lowest BCUT2D eigenvalue weighted by atomic mass is 9.98. The lowest BCUT2D eigenvalue weighted by Crippen LogP contribution is -2.34. The number of ether oxygens (including phenoxy) is 1. The second-order valence-corrected chi connectivity index (χ2v) is 5.13. The van der Waals surface area contributed by atoms with Gasteiger partial charge in [-0.25, -0.2) is 4.98 Å². The summed E-state index contributed by atoms with van der Waals surface area (Å²) in [5.74, 6) is 0.168. The van der Waals surface area contributed by atoms with Crippen molar-refractivity contribution in [3.8, 4) is 5.88 Å². The number of hydrogen-bond donors (Lipinski definition) is 0. The number of fused-ring (bicyclic) bond motifs is 2. The van der Waals surface area contributed by atoms with Gasteiger partial charge in [-0.3, -0.25) is 4.79 Å². The topological polar surface area (TPSA) is 42.4 Å². The summed E-state index contributed by atoms with van der Waals surface area (Å²) in [4.78, 5) is 16.4. The van der Waals surface area contributed by atoms with Crippen LogP contribution in [0.1, 0.15) is 24.8 Å². The Kier molecular flexibility index (Phi) is 3.07. The summed E-state index contributed by atoms with van der Waals surface area (Å²) >= 11 is 0. The van der Waals surface area contributed by atoms with Gasteiger partial charge in [0.05, 0.1) is 11.6 Å². The van der Waals surface area contributed by atoms with Crippen LogP contribution in [0.2, 0.25) is 0 Å². The summed E-state index contributed by atoms with van der Waals surface area (Å²) in [6.07, 6.45) is -0.439. The number of halogens is 3. The third-order valence-electron chi connectivity index (χ3n) is 3.99. The molecule has 0 radical (unpaired) electrons. The molecule has 2 fully saturated rings. The van der Waals surface area contributed by atoms with Crippen LogP contribution in [0, 0.1) is 0 Å². The Morgan fingerprint density at radius 2 is 2.15 bits per heavy atom. The highest BCUT2D eigenvalue weighted by Gasteiger charge is 2.47. The Morgan fingerprint density at radius 1 is 1.35 bits per heavy atom. The molecular formula is C13H13F3N2O2. The van der Waals surface area contributed by atoms with Gasteiger partial charge in [0, 0.05) is 24.7 Å². The van der Waals surface area contributed by atoms with Gasteiger partial charge in [0.1, 0.15) is 6.10 Å². The van der Waals surface area contributed by atoms with Crippen LogP contribution in [0.5, 0.6) is 5.88 Å². The first-order chi connectivity index (χ1) is 9.49. The molecular weight excluding hydrogens is 273 g/mol. The minimum absolute atomic E-state index is 0.0154. The molecule has 7 heteroatoms. The van der Waals surface area contributed by atoms with E-state index in [9.17, 15) is 18.0 Å². The van der Waals surface area contributed by atoms with E-state index in [-0.39, 0.29) is 24.1 Å². The number of pyridine rings is 1. The second-order valence-electron chi connectivity index (χ2n) is 5.13. The van der Waals surface area contributed by atoms with Gasteiger partial charge < -0.3 is 9.64 Å². The maximum Gasteiger partial charge on any atom is 0.417 e. The Morgan fingerprint density at radius 3 is 2.70 bits per heavy atom. The van der Waals surface area contributed by atoms with E-state index in [1.54, 1.807) is 4.90 Å². The lowest BCUT2D eigenvalue weighted by molar-refractivity contribution is -0.137. The summed E-state index contributed by atoms with van der Waals surface area (Å²) in [5, 5.41) is 0. The van der Waals surface area contributed by atoms with Crippen molar-refractivity contribution in [3.63, 3.8) is 0 Å². The maximum atomic E-state index is 12.4. The molecule has 3 heterocycles. The number of carbonyl (C=O) groups is 1. The molecule has 108 valence electrons. The van der Waals surface area contributed by atoms with Gasteiger partial charge >= 0.3 is 6.18 Å². The fourth-order valence-electron chi connectivity index (χ4n) is 3.04. The molecule has 0 unspecified atom stereocenters. The fourth-order valence-corrected chi connectivity index (χ4v) is 3.04. The maximum absolute atomic E-state index is 12.4. The molecule has 0 aliphatic carbocycles. The Bertz CT molecular complexity index is 503. The number of rotatable bonds is 3. The standard InChI is InChI=1S/C13H13F3N2O2/c14-13(15,16)8-1-4-12(17-6-8)20-11-5-9-2-3-10(11)18(9)7-19/h1,4,6-7,9-11H,2-3,5H2/t9-,10+,11-/m1/s1. The third-order valence-corrected chi connectivity index (χ3v) is 3.99. The molecule has 0 N–H and O–H groups in total. The summed E-state index contributed by atoms with van der Waals surface area (Å²) in [5.41, 5.74) is -0.799. The molecule has 0 spiro atoms. The van der Waals surface area contributed by atoms with Crippen molar-refractivity contribution in [2.24, 2.45) is 0 Å². The average Bonchev–Trinajstić information content (AvgIpc) is 2.94. The van der Waals surface area contributed by atoms with Crippen molar-refractivity contribution in [3.05, 3.63) is 23.9 Å². The van der Waals surface area contributed by atoms with Crippen molar-refractivity contribution < 1.29 is 22.7 Å². The van der Waals surface area contributed by atoms with E-state index in [4.69, 9.17) is 4.74 Å². The molecule has 1 amide bonds. The summed E-state index contributed by atoms with van der Waals surface area (Å²) < 4.78 is 42.9. The van der Waals surface area contributed by atoms with Gasteiger partial charge in [0.15, 0.2) is 0 Å². The quantitative estimate of drug-likeness (QED) is 0.800. The normalized spacial score (nSPS) is 28.8. The van der Waals surface area contributed by atoms with Crippen molar-refractivity contribution >= 4 is 6.41 Å². The van der Waals surface area contributed by atoms with Crippen LogP contribution in [0.15, 0.2) is 18.3 Å². The SMILES string of the molecule is O=CN1[C@@H]2CC[C@H]1[C@H](Oc1ccc(C(F)(F)F)cn1)C2. The zero-order chi connectivity index (χ0) is 14.3. The second kappa shape index (κ2) is 4.64. The molecule has 2 bridgehead atoms. The fraction of sp³-hybridized carbons (Fsp3) is 0.538. The molecule has 2 aliphatic rings. The zero-order valence-electron chi connectivity index (χ0n) is 10.5. The molecule has 1 aromatic heterocycles. The summed E-state index contributed by atoms with van der Waals surface area (Å²) in [7, 11) is 0. The number of hydrogen-bond acceptors (Lipinski definition) is 3. The molecule has 20 heavy (non-hydrogen) atoms. The highest BCUT2D eigenvalue weighted by atomic mass is 19.4. The first kappa shape index (κ1) is 13.2. The van der Waals surface area contributed by atoms with Crippen LogP contribution >= 0.6 is 0 Å². The average molecular weight is 286 g/mol. The molecule has 1 aromatic rings. The Balaban J connectivity index is 1.69. The third kappa shape index (κ3) is 2.21. The minimum atomic E-state index is -4.40. The predicted molar refractivity (Wildman–Crippen MR) is 63.0 cm³/mol. The van der Waals surface area contributed by atoms with E-state index in [0.717, 1.165) is 31.5 Å². The summed E-state index contributed by atoms with van der Waals surface area (Å²) in [6.45, 7) is 0. The number of aromatic nitrogens is 1. The van der Waals surface area contributed by atoms with Gasteiger partial charge in [-0.05, 0) is 18.9 Å². The number of alkyl halides is 3. The molecule has 3 rings (SSSR count). The number of nitrogens with zero attached hydrogens (tertiary/aromatic N) is 2.